The Kier molecular flexibility index (Phi) is 5.00. The third-order valence-electron chi connectivity index (χ3n) is 4.37. The number of likely N-dealkylation sites (N-methyl/N-ethyl adjacent to an activating group) is 1. The maximum Gasteiger partial charge on any atom is 0.0475 e. The van der Waals surface area contributed by atoms with Crippen LogP contribution in [0, 0.1) is 12.8 Å². The Hall–Kier alpha value is -0.860. The van der Waals surface area contributed by atoms with Gasteiger partial charge in [0.2, 0.25) is 0 Å². The maximum atomic E-state index is 3.67. The Bertz CT molecular complexity index is 385. The van der Waals surface area contributed by atoms with Crippen molar-refractivity contribution in [1.29, 1.82) is 0 Å². The molecule has 1 N–H and O–H groups in total. The summed E-state index contributed by atoms with van der Waals surface area (Å²) < 4.78 is 0. The third kappa shape index (κ3) is 3.58. The first kappa shape index (κ1) is 14.5. The maximum absolute atomic E-state index is 3.67. The fourth-order valence-electron chi connectivity index (χ4n) is 3.11. The molecule has 0 aromatic heterocycles. The van der Waals surface area contributed by atoms with E-state index in [2.05, 4.69) is 62.2 Å². The van der Waals surface area contributed by atoms with Crippen molar-refractivity contribution >= 4 is 0 Å². The van der Waals surface area contributed by atoms with Crippen LogP contribution < -0.4 is 5.32 Å². The summed E-state index contributed by atoms with van der Waals surface area (Å²) in [5.41, 5.74) is 2.75. The van der Waals surface area contributed by atoms with Crippen LogP contribution in [0.1, 0.15) is 44.4 Å². The van der Waals surface area contributed by atoms with Gasteiger partial charge in [-0.15, -0.1) is 0 Å². The third-order valence-corrected chi connectivity index (χ3v) is 4.37. The predicted molar refractivity (Wildman–Crippen MR) is 82.4 cm³/mol. The van der Waals surface area contributed by atoms with Gasteiger partial charge in [-0.05, 0) is 44.8 Å². The first-order valence-electron chi connectivity index (χ1n) is 7.65. The summed E-state index contributed by atoms with van der Waals surface area (Å²) in [6.45, 7) is 12.6. The second-order valence-corrected chi connectivity index (χ2v) is 6.08. The van der Waals surface area contributed by atoms with Crippen LogP contribution >= 0.6 is 0 Å². The number of aryl methyl sites for hydroxylation is 1. The van der Waals surface area contributed by atoms with Gasteiger partial charge in [0.25, 0.3) is 0 Å². The Balaban J connectivity index is 2.12. The molecule has 2 heteroatoms. The van der Waals surface area contributed by atoms with Crippen LogP contribution in [0.5, 0.6) is 0 Å². The molecule has 19 heavy (non-hydrogen) atoms. The minimum atomic E-state index is 0.441. The summed E-state index contributed by atoms with van der Waals surface area (Å²) >= 11 is 0. The quantitative estimate of drug-likeness (QED) is 0.873. The van der Waals surface area contributed by atoms with Crippen LogP contribution in [0.4, 0.5) is 0 Å². The Morgan fingerprint density at radius 1 is 1.32 bits per heavy atom. The summed E-state index contributed by atoms with van der Waals surface area (Å²) in [5, 5.41) is 3.67. The van der Waals surface area contributed by atoms with Crippen molar-refractivity contribution in [3.63, 3.8) is 0 Å². The summed E-state index contributed by atoms with van der Waals surface area (Å²) in [6, 6.07) is 10.00. The molecule has 1 aliphatic heterocycles. The number of hydrogen-bond acceptors (Lipinski definition) is 2. The zero-order valence-corrected chi connectivity index (χ0v) is 12.8. The summed E-state index contributed by atoms with van der Waals surface area (Å²) in [5.74, 6) is 0.850. The first-order chi connectivity index (χ1) is 9.11. The largest absolute Gasteiger partial charge is 0.309 e. The van der Waals surface area contributed by atoms with Crippen LogP contribution in [0.15, 0.2) is 24.3 Å². The van der Waals surface area contributed by atoms with E-state index in [-0.39, 0.29) is 0 Å². The molecule has 1 aliphatic rings. The van der Waals surface area contributed by atoms with Crippen LogP contribution in [-0.4, -0.2) is 30.6 Å². The van der Waals surface area contributed by atoms with Gasteiger partial charge in [0.1, 0.15) is 0 Å². The topological polar surface area (TPSA) is 15.3 Å². The summed E-state index contributed by atoms with van der Waals surface area (Å²) in [7, 11) is 0. The van der Waals surface area contributed by atoms with Gasteiger partial charge in [0, 0.05) is 18.6 Å². The predicted octanol–water partition coefficient (Wildman–Crippen LogP) is 3.38. The fourth-order valence-corrected chi connectivity index (χ4v) is 3.11. The number of rotatable bonds is 5. The zero-order valence-electron chi connectivity index (χ0n) is 12.8. The molecule has 0 amide bonds. The number of nitrogens with zero attached hydrogens (tertiary/aromatic N) is 1. The molecule has 1 saturated heterocycles. The van der Waals surface area contributed by atoms with E-state index in [4.69, 9.17) is 0 Å². The number of benzene rings is 1. The van der Waals surface area contributed by atoms with Gasteiger partial charge in [0.15, 0.2) is 0 Å². The average Bonchev–Trinajstić information content (AvgIpc) is 2.83. The van der Waals surface area contributed by atoms with E-state index < -0.39 is 0 Å². The lowest BCUT2D eigenvalue weighted by atomic mass is 9.98. The molecule has 2 nitrogen and oxygen atoms in total. The highest BCUT2D eigenvalue weighted by Gasteiger charge is 2.28. The highest BCUT2D eigenvalue weighted by atomic mass is 15.2. The van der Waals surface area contributed by atoms with Crippen molar-refractivity contribution in [2.24, 2.45) is 5.92 Å². The Labute approximate surface area is 118 Å². The number of nitrogens with one attached hydrogen (secondary N) is 1. The molecular formula is C17H28N2. The van der Waals surface area contributed by atoms with Crippen molar-refractivity contribution < 1.29 is 0 Å². The van der Waals surface area contributed by atoms with E-state index in [0.29, 0.717) is 12.1 Å². The molecule has 0 aliphatic carbocycles. The molecule has 3 atom stereocenters. The lowest BCUT2D eigenvalue weighted by molar-refractivity contribution is 0.202. The molecule has 1 fully saturated rings. The van der Waals surface area contributed by atoms with Crippen molar-refractivity contribution in [2.45, 2.75) is 46.2 Å². The van der Waals surface area contributed by atoms with Gasteiger partial charge in [-0.25, -0.2) is 0 Å². The Morgan fingerprint density at radius 3 is 2.53 bits per heavy atom. The van der Waals surface area contributed by atoms with Crippen LogP contribution in [0.25, 0.3) is 0 Å². The molecule has 0 spiro atoms. The van der Waals surface area contributed by atoms with Gasteiger partial charge < -0.3 is 5.32 Å². The molecule has 1 aromatic carbocycles. The van der Waals surface area contributed by atoms with Gasteiger partial charge in [-0.3, -0.25) is 4.90 Å². The smallest absolute Gasteiger partial charge is 0.0475 e. The minimum Gasteiger partial charge on any atom is -0.309 e. The molecular weight excluding hydrogens is 232 g/mol. The zero-order chi connectivity index (χ0) is 13.8. The van der Waals surface area contributed by atoms with E-state index in [1.54, 1.807) is 0 Å². The van der Waals surface area contributed by atoms with E-state index >= 15 is 0 Å². The first-order valence-corrected chi connectivity index (χ1v) is 7.65. The van der Waals surface area contributed by atoms with Crippen LogP contribution in [0.3, 0.4) is 0 Å². The summed E-state index contributed by atoms with van der Waals surface area (Å²) in [4.78, 5) is 2.64. The normalized spacial score (nSPS) is 23.5. The van der Waals surface area contributed by atoms with Gasteiger partial charge in [-0.2, -0.15) is 0 Å². The van der Waals surface area contributed by atoms with Crippen molar-refractivity contribution in [3.8, 4) is 0 Å². The van der Waals surface area contributed by atoms with E-state index in [0.717, 1.165) is 12.5 Å². The highest BCUT2D eigenvalue weighted by molar-refractivity contribution is 5.25. The fraction of sp³-hybridized carbons (Fsp3) is 0.647. The summed E-state index contributed by atoms with van der Waals surface area (Å²) in [6.07, 6.45) is 1.34. The molecule has 1 aromatic rings. The molecule has 0 bridgehead atoms. The number of likely N-dealkylation sites (tertiary alicyclic amines) is 1. The van der Waals surface area contributed by atoms with E-state index in [1.165, 1.54) is 30.6 Å². The van der Waals surface area contributed by atoms with Crippen molar-refractivity contribution in [3.05, 3.63) is 35.4 Å². The monoisotopic (exact) mass is 260 g/mol. The Morgan fingerprint density at radius 2 is 2.00 bits per heavy atom. The van der Waals surface area contributed by atoms with Gasteiger partial charge in [-0.1, -0.05) is 43.7 Å². The highest BCUT2D eigenvalue weighted by Crippen LogP contribution is 2.26. The molecule has 0 saturated carbocycles. The molecule has 106 valence electrons. The van der Waals surface area contributed by atoms with Crippen LogP contribution in [0.2, 0.25) is 0 Å². The second-order valence-electron chi connectivity index (χ2n) is 6.08. The molecule has 3 unspecified atom stereocenters. The standard InChI is InChI=1S/C17H28N2/c1-5-18-17(16-8-6-13(2)7-9-16)15(4)19-11-10-14(3)12-19/h6-9,14-15,17-18H,5,10-12H2,1-4H3. The van der Waals surface area contributed by atoms with Crippen molar-refractivity contribution in [2.75, 3.05) is 19.6 Å². The minimum absolute atomic E-state index is 0.441. The van der Waals surface area contributed by atoms with Crippen LogP contribution in [-0.2, 0) is 0 Å². The lowest BCUT2D eigenvalue weighted by Crippen LogP contribution is -2.41. The number of hydrogen-bond donors (Lipinski definition) is 1. The van der Waals surface area contributed by atoms with Gasteiger partial charge >= 0.3 is 0 Å². The van der Waals surface area contributed by atoms with Crippen molar-refractivity contribution in [1.82, 2.24) is 10.2 Å². The lowest BCUT2D eigenvalue weighted by Gasteiger charge is -2.33. The van der Waals surface area contributed by atoms with E-state index in [1.807, 2.05) is 0 Å². The molecule has 2 rings (SSSR count). The van der Waals surface area contributed by atoms with E-state index in [9.17, 15) is 0 Å². The average molecular weight is 260 g/mol. The SMILES string of the molecule is CCNC(c1ccc(C)cc1)C(C)N1CCC(C)C1. The molecule has 0 radical (unpaired) electrons. The second kappa shape index (κ2) is 6.53. The van der Waals surface area contributed by atoms with Gasteiger partial charge in [0.05, 0.1) is 0 Å². The molecule has 1 heterocycles.